The van der Waals surface area contributed by atoms with Gasteiger partial charge in [0.1, 0.15) is 13.2 Å². The van der Waals surface area contributed by atoms with Crippen molar-refractivity contribution in [3.05, 3.63) is 0 Å². The Labute approximate surface area is 355 Å². The van der Waals surface area contributed by atoms with Gasteiger partial charge < -0.3 is 14.2 Å². The van der Waals surface area contributed by atoms with Gasteiger partial charge in [0.25, 0.3) is 0 Å². The van der Waals surface area contributed by atoms with Crippen LogP contribution in [0.25, 0.3) is 0 Å². The van der Waals surface area contributed by atoms with Crippen molar-refractivity contribution in [2.24, 2.45) is 11.8 Å². The molecule has 338 valence electrons. The average molecular weight is 807 g/mol. The fraction of sp³-hybridized carbons (Fsp3) is 0.941. The number of carbonyl (C=O) groups excluding carboxylic acids is 3. The summed E-state index contributed by atoms with van der Waals surface area (Å²) in [6, 6.07) is 0. The molecule has 0 amide bonds. The first-order valence-corrected chi connectivity index (χ1v) is 25.2. The quantitative estimate of drug-likeness (QED) is 0.0346. The Balaban J connectivity index is 4.19. The molecule has 0 rings (SSSR count). The number of rotatable bonds is 45. The maximum absolute atomic E-state index is 12.7. The highest BCUT2D eigenvalue weighted by Crippen LogP contribution is 2.17. The van der Waals surface area contributed by atoms with Crippen LogP contribution in [0.1, 0.15) is 279 Å². The number of unbranched alkanes of at least 4 members (excludes halogenated alkanes) is 30. The highest BCUT2D eigenvalue weighted by atomic mass is 16.6. The third-order valence-corrected chi connectivity index (χ3v) is 11.5. The van der Waals surface area contributed by atoms with E-state index in [1.54, 1.807) is 0 Å². The fourth-order valence-corrected chi connectivity index (χ4v) is 7.64. The molecule has 0 heterocycles. The van der Waals surface area contributed by atoms with Crippen LogP contribution in [0.15, 0.2) is 0 Å². The molecule has 0 fully saturated rings. The average Bonchev–Trinajstić information content (AvgIpc) is 3.18. The minimum atomic E-state index is -0.760. The molecule has 0 aromatic heterocycles. The van der Waals surface area contributed by atoms with Crippen molar-refractivity contribution < 1.29 is 28.6 Å². The zero-order valence-corrected chi connectivity index (χ0v) is 39.0. The van der Waals surface area contributed by atoms with Gasteiger partial charge in [0.05, 0.1) is 0 Å². The van der Waals surface area contributed by atoms with Gasteiger partial charge in [-0.25, -0.2) is 0 Å². The minimum absolute atomic E-state index is 0.0642. The van der Waals surface area contributed by atoms with Crippen LogP contribution in [0.2, 0.25) is 0 Å². The molecular formula is C51H98O6. The highest BCUT2D eigenvalue weighted by Gasteiger charge is 2.19. The molecule has 0 radical (unpaired) electrons. The first-order valence-electron chi connectivity index (χ1n) is 25.2. The van der Waals surface area contributed by atoms with Gasteiger partial charge in [-0.3, -0.25) is 14.4 Å². The van der Waals surface area contributed by atoms with E-state index in [1.165, 1.54) is 167 Å². The molecule has 0 saturated carbocycles. The summed E-state index contributed by atoms with van der Waals surface area (Å²) in [7, 11) is 0. The van der Waals surface area contributed by atoms with Gasteiger partial charge in [-0.2, -0.15) is 0 Å². The maximum atomic E-state index is 12.7. The lowest BCUT2D eigenvalue weighted by molar-refractivity contribution is -0.167. The van der Waals surface area contributed by atoms with Crippen molar-refractivity contribution >= 4 is 17.9 Å². The largest absolute Gasteiger partial charge is 0.462 e. The SMILES string of the molecule is CCCCCCCCCC(=O)OC[C@@H](COC(=O)CCCCCCCCCCCCCCCCCC(C)C)OC(=O)CCCCCCCCCCCCCC(C)C. The molecular weight excluding hydrogens is 709 g/mol. The Morgan fingerprint density at radius 1 is 0.333 bits per heavy atom. The molecule has 0 aliphatic heterocycles. The van der Waals surface area contributed by atoms with Crippen molar-refractivity contribution in [2.75, 3.05) is 13.2 Å². The minimum Gasteiger partial charge on any atom is -0.462 e. The molecule has 57 heavy (non-hydrogen) atoms. The van der Waals surface area contributed by atoms with Gasteiger partial charge in [-0.15, -0.1) is 0 Å². The summed E-state index contributed by atoms with van der Waals surface area (Å²) in [5.74, 6) is 0.818. The van der Waals surface area contributed by atoms with E-state index in [4.69, 9.17) is 14.2 Å². The van der Waals surface area contributed by atoms with Crippen LogP contribution in [0.4, 0.5) is 0 Å². The molecule has 0 N–H and O–H groups in total. The van der Waals surface area contributed by atoms with Crippen molar-refractivity contribution in [1.82, 2.24) is 0 Å². The van der Waals surface area contributed by atoms with Crippen LogP contribution < -0.4 is 0 Å². The zero-order chi connectivity index (χ0) is 41.9. The van der Waals surface area contributed by atoms with E-state index in [9.17, 15) is 14.4 Å². The lowest BCUT2D eigenvalue weighted by Crippen LogP contribution is -2.30. The first-order chi connectivity index (χ1) is 27.7. The summed E-state index contributed by atoms with van der Waals surface area (Å²) in [4.78, 5) is 37.7. The van der Waals surface area contributed by atoms with E-state index in [0.29, 0.717) is 19.3 Å². The monoisotopic (exact) mass is 807 g/mol. The number of carbonyl (C=O) groups is 3. The molecule has 0 unspecified atom stereocenters. The Hall–Kier alpha value is -1.59. The summed E-state index contributed by atoms with van der Waals surface area (Å²) in [6.07, 6.45) is 43.9. The molecule has 6 heteroatoms. The van der Waals surface area contributed by atoms with E-state index >= 15 is 0 Å². The van der Waals surface area contributed by atoms with Gasteiger partial charge in [0.2, 0.25) is 0 Å². The molecule has 0 aromatic carbocycles. The van der Waals surface area contributed by atoms with Crippen LogP contribution >= 0.6 is 0 Å². The Kier molecular flexibility index (Phi) is 42.7. The molecule has 0 aliphatic rings. The number of esters is 3. The van der Waals surface area contributed by atoms with Crippen molar-refractivity contribution in [2.45, 2.75) is 285 Å². The van der Waals surface area contributed by atoms with Crippen LogP contribution in [0.5, 0.6) is 0 Å². The van der Waals surface area contributed by atoms with Crippen LogP contribution in [0, 0.1) is 11.8 Å². The second-order valence-corrected chi connectivity index (χ2v) is 18.4. The summed E-state index contributed by atoms with van der Waals surface area (Å²) >= 11 is 0. The third kappa shape index (κ3) is 45.3. The van der Waals surface area contributed by atoms with Gasteiger partial charge in [0.15, 0.2) is 6.10 Å². The van der Waals surface area contributed by atoms with E-state index in [-0.39, 0.29) is 31.1 Å². The molecule has 0 saturated heterocycles. The third-order valence-electron chi connectivity index (χ3n) is 11.5. The predicted octanol–water partition coefficient (Wildman–Crippen LogP) is 16.1. The maximum Gasteiger partial charge on any atom is 0.306 e. The highest BCUT2D eigenvalue weighted by molar-refractivity contribution is 5.71. The lowest BCUT2D eigenvalue weighted by Gasteiger charge is -2.18. The smallest absolute Gasteiger partial charge is 0.306 e. The van der Waals surface area contributed by atoms with Crippen molar-refractivity contribution in [3.8, 4) is 0 Å². The molecule has 0 aromatic rings. The zero-order valence-electron chi connectivity index (χ0n) is 39.0. The predicted molar refractivity (Wildman–Crippen MR) is 243 cm³/mol. The second kappa shape index (κ2) is 44.0. The van der Waals surface area contributed by atoms with Crippen molar-refractivity contribution in [1.29, 1.82) is 0 Å². The first kappa shape index (κ1) is 55.4. The van der Waals surface area contributed by atoms with Crippen molar-refractivity contribution in [3.63, 3.8) is 0 Å². The Morgan fingerprint density at radius 2 is 0.579 bits per heavy atom. The summed E-state index contributed by atoms with van der Waals surface area (Å²) in [6.45, 7) is 11.3. The molecule has 0 spiro atoms. The topological polar surface area (TPSA) is 78.9 Å². The van der Waals surface area contributed by atoms with E-state index < -0.39 is 6.10 Å². The Bertz CT molecular complexity index is 870. The van der Waals surface area contributed by atoms with Gasteiger partial charge in [-0.05, 0) is 31.1 Å². The molecule has 1 atom stereocenters. The van der Waals surface area contributed by atoms with Crippen LogP contribution in [0.3, 0.4) is 0 Å². The second-order valence-electron chi connectivity index (χ2n) is 18.4. The number of hydrogen-bond acceptors (Lipinski definition) is 6. The fourth-order valence-electron chi connectivity index (χ4n) is 7.64. The normalized spacial score (nSPS) is 12.1. The summed E-state index contributed by atoms with van der Waals surface area (Å²) in [5, 5.41) is 0. The van der Waals surface area contributed by atoms with Gasteiger partial charge >= 0.3 is 17.9 Å². The molecule has 0 aliphatic carbocycles. The summed E-state index contributed by atoms with van der Waals surface area (Å²) in [5.41, 5.74) is 0. The van der Waals surface area contributed by atoms with Gasteiger partial charge in [-0.1, -0.05) is 240 Å². The molecule has 0 bridgehead atoms. The summed E-state index contributed by atoms with van der Waals surface area (Å²) < 4.78 is 16.7. The Morgan fingerprint density at radius 3 is 0.860 bits per heavy atom. The van der Waals surface area contributed by atoms with E-state index in [1.807, 2.05) is 0 Å². The standard InChI is InChI=1S/C51H98O6/c1-6-7-8-9-24-31-36-41-49(52)55-44-48(57-51(54)43-38-33-28-23-19-15-17-21-26-30-35-40-47(4)5)45-56-50(53)42-37-32-27-22-18-14-12-10-11-13-16-20-25-29-34-39-46(2)3/h46-48H,6-45H2,1-5H3/t48-/m0/s1. The number of hydrogen-bond donors (Lipinski definition) is 0. The van der Waals surface area contributed by atoms with Crippen LogP contribution in [-0.4, -0.2) is 37.2 Å². The lowest BCUT2D eigenvalue weighted by atomic mass is 10.0. The number of ether oxygens (including phenoxy) is 3. The van der Waals surface area contributed by atoms with Crippen LogP contribution in [-0.2, 0) is 28.6 Å². The van der Waals surface area contributed by atoms with E-state index in [0.717, 1.165) is 69.6 Å². The van der Waals surface area contributed by atoms with Gasteiger partial charge in [0, 0.05) is 19.3 Å². The van der Waals surface area contributed by atoms with E-state index in [2.05, 4.69) is 34.6 Å². The molecule has 6 nitrogen and oxygen atoms in total.